The van der Waals surface area contributed by atoms with Gasteiger partial charge < -0.3 is 14.2 Å². The fourth-order valence-electron chi connectivity index (χ4n) is 2.52. The van der Waals surface area contributed by atoms with Crippen LogP contribution in [-0.2, 0) is 4.79 Å². The number of hydrogen-bond donors (Lipinski definition) is 1. The molecule has 0 saturated heterocycles. The van der Waals surface area contributed by atoms with Crippen molar-refractivity contribution in [2.24, 2.45) is 5.10 Å². The molecule has 0 aliphatic carbocycles. The summed E-state index contributed by atoms with van der Waals surface area (Å²) in [4.78, 5) is 24.3. The average molecular weight is 565 g/mol. The maximum Gasteiger partial charge on any atom is 0.344 e. The summed E-state index contributed by atoms with van der Waals surface area (Å²) in [6.07, 6.45) is 1.44. The fraction of sp³-hybridized carbons (Fsp3) is 0.0870. The topological polar surface area (TPSA) is 86.2 Å². The SMILES string of the molecule is COc1cc(/C=N\NC(=O)COc2ccc(Cl)cc2)ccc1OC(=O)c1ccccc1I. The Morgan fingerprint density at radius 3 is 2.53 bits per heavy atom. The fourth-order valence-corrected chi connectivity index (χ4v) is 3.25. The number of nitrogens with zero attached hydrogens (tertiary/aromatic N) is 1. The molecule has 3 rings (SSSR count). The third-order valence-electron chi connectivity index (χ3n) is 4.07. The van der Waals surface area contributed by atoms with Crippen LogP contribution in [0.25, 0.3) is 0 Å². The lowest BCUT2D eigenvalue weighted by Gasteiger charge is -2.10. The maximum absolute atomic E-state index is 12.4. The summed E-state index contributed by atoms with van der Waals surface area (Å²) in [7, 11) is 1.47. The number of amides is 1. The van der Waals surface area contributed by atoms with Gasteiger partial charge in [0, 0.05) is 8.59 Å². The molecule has 32 heavy (non-hydrogen) atoms. The Morgan fingerprint density at radius 1 is 1.06 bits per heavy atom. The summed E-state index contributed by atoms with van der Waals surface area (Å²) >= 11 is 7.88. The first-order valence-electron chi connectivity index (χ1n) is 9.31. The Bertz CT molecular complexity index is 1140. The zero-order valence-corrected chi connectivity index (χ0v) is 19.8. The summed E-state index contributed by atoms with van der Waals surface area (Å²) in [6.45, 7) is -0.199. The van der Waals surface area contributed by atoms with Crippen LogP contribution in [0.3, 0.4) is 0 Å². The van der Waals surface area contributed by atoms with E-state index in [-0.39, 0.29) is 12.4 Å². The number of ether oxygens (including phenoxy) is 3. The molecule has 0 aliphatic heterocycles. The second kappa shape index (κ2) is 11.5. The summed E-state index contributed by atoms with van der Waals surface area (Å²) < 4.78 is 16.9. The molecule has 1 amide bonds. The first-order valence-corrected chi connectivity index (χ1v) is 10.8. The Kier molecular flexibility index (Phi) is 8.46. The van der Waals surface area contributed by atoms with Crippen molar-refractivity contribution in [3.05, 3.63) is 86.4 Å². The first-order chi connectivity index (χ1) is 15.5. The number of nitrogens with one attached hydrogen (secondary N) is 1. The van der Waals surface area contributed by atoms with Gasteiger partial charge in [-0.1, -0.05) is 23.7 Å². The Hall–Kier alpha value is -3.11. The first kappa shape index (κ1) is 23.6. The smallest absolute Gasteiger partial charge is 0.344 e. The molecule has 0 aliphatic rings. The number of hydrogen-bond acceptors (Lipinski definition) is 6. The number of carbonyl (C=O) groups excluding carboxylic acids is 2. The molecule has 7 nitrogen and oxygen atoms in total. The van der Waals surface area contributed by atoms with Crippen LogP contribution in [0.5, 0.6) is 17.2 Å². The summed E-state index contributed by atoms with van der Waals surface area (Å²) in [6, 6.07) is 18.7. The lowest BCUT2D eigenvalue weighted by Crippen LogP contribution is -2.24. The molecule has 0 heterocycles. The number of benzene rings is 3. The number of carbonyl (C=O) groups is 2. The van der Waals surface area contributed by atoms with E-state index in [9.17, 15) is 9.59 Å². The number of esters is 1. The summed E-state index contributed by atoms with van der Waals surface area (Å²) in [5.74, 6) is 0.239. The predicted molar refractivity (Wildman–Crippen MR) is 130 cm³/mol. The molecule has 9 heteroatoms. The Balaban J connectivity index is 1.57. The predicted octanol–water partition coefficient (Wildman–Crippen LogP) is 4.70. The third-order valence-corrected chi connectivity index (χ3v) is 5.26. The standard InChI is InChI=1S/C23H18ClIN2O5/c1-30-21-12-15(6-11-20(21)32-23(29)18-4-2-3-5-19(18)25)13-26-27-22(28)14-31-17-9-7-16(24)8-10-17/h2-13H,14H2,1H3,(H,27,28)/b26-13-. The lowest BCUT2D eigenvalue weighted by molar-refractivity contribution is -0.123. The van der Waals surface area contributed by atoms with Crippen molar-refractivity contribution in [2.45, 2.75) is 0 Å². The van der Waals surface area contributed by atoms with Crippen LogP contribution in [0.4, 0.5) is 0 Å². The largest absolute Gasteiger partial charge is 0.493 e. The molecule has 0 bridgehead atoms. The van der Waals surface area contributed by atoms with Crippen LogP contribution < -0.4 is 19.6 Å². The minimum absolute atomic E-state index is 0.199. The van der Waals surface area contributed by atoms with Gasteiger partial charge in [-0.3, -0.25) is 4.79 Å². The van der Waals surface area contributed by atoms with Crippen LogP contribution >= 0.6 is 34.2 Å². The normalized spacial score (nSPS) is 10.6. The summed E-state index contributed by atoms with van der Waals surface area (Å²) in [5, 5.41) is 4.48. The van der Waals surface area contributed by atoms with Crippen LogP contribution in [0.15, 0.2) is 71.8 Å². The molecule has 0 atom stereocenters. The van der Waals surface area contributed by atoms with Crippen LogP contribution in [0.2, 0.25) is 5.02 Å². The highest BCUT2D eigenvalue weighted by atomic mass is 127. The van der Waals surface area contributed by atoms with E-state index >= 15 is 0 Å². The molecule has 0 fully saturated rings. The van der Waals surface area contributed by atoms with Gasteiger partial charge in [-0.2, -0.15) is 5.10 Å². The van der Waals surface area contributed by atoms with E-state index in [4.69, 9.17) is 25.8 Å². The number of halogens is 2. The molecular formula is C23H18ClIN2O5. The van der Waals surface area contributed by atoms with Gasteiger partial charge in [-0.05, 0) is 82.8 Å². The van der Waals surface area contributed by atoms with Crippen molar-refractivity contribution >= 4 is 52.3 Å². The summed E-state index contributed by atoms with van der Waals surface area (Å²) in [5.41, 5.74) is 3.47. The molecule has 0 radical (unpaired) electrons. The number of methoxy groups -OCH3 is 1. The van der Waals surface area contributed by atoms with E-state index in [1.807, 2.05) is 12.1 Å². The van der Waals surface area contributed by atoms with Crippen molar-refractivity contribution in [3.63, 3.8) is 0 Å². The molecule has 0 unspecified atom stereocenters. The van der Waals surface area contributed by atoms with Gasteiger partial charge in [0.15, 0.2) is 18.1 Å². The van der Waals surface area contributed by atoms with E-state index < -0.39 is 11.9 Å². The Labute approximate surface area is 203 Å². The van der Waals surface area contributed by atoms with E-state index in [1.165, 1.54) is 13.3 Å². The van der Waals surface area contributed by atoms with Gasteiger partial charge in [0.2, 0.25) is 0 Å². The van der Waals surface area contributed by atoms with Crippen molar-refractivity contribution < 1.29 is 23.8 Å². The monoisotopic (exact) mass is 564 g/mol. The van der Waals surface area contributed by atoms with Crippen LogP contribution in [0, 0.1) is 3.57 Å². The van der Waals surface area contributed by atoms with E-state index in [0.29, 0.717) is 27.6 Å². The van der Waals surface area contributed by atoms with Crippen molar-refractivity contribution in [2.75, 3.05) is 13.7 Å². The molecule has 0 saturated carbocycles. The second-order valence-corrected chi connectivity index (χ2v) is 7.91. The van der Waals surface area contributed by atoms with Gasteiger partial charge in [0.25, 0.3) is 5.91 Å². The van der Waals surface area contributed by atoms with Crippen LogP contribution in [-0.4, -0.2) is 31.8 Å². The molecule has 0 aromatic heterocycles. The van der Waals surface area contributed by atoms with E-state index in [2.05, 4.69) is 33.1 Å². The maximum atomic E-state index is 12.4. The second-order valence-electron chi connectivity index (χ2n) is 6.32. The van der Waals surface area contributed by atoms with Crippen LogP contribution in [0.1, 0.15) is 15.9 Å². The highest BCUT2D eigenvalue weighted by Crippen LogP contribution is 2.29. The molecule has 0 spiro atoms. The van der Waals surface area contributed by atoms with Gasteiger partial charge in [-0.15, -0.1) is 0 Å². The molecule has 3 aromatic carbocycles. The molecule has 3 aromatic rings. The Morgan fingerprint density at radius 2 is 1.81 bits per heavy atom. The molecule has 164 valence electrons. The zero-order valence-electron chi connectivity index (χ0n) is 16.9. The van der Waals surface area contributed by atoms with Crippen molar-refractivity contribution in [3.8, 4) is 17.2 Å². The minimum atomic E-state index is -0.484. The third kappa shape index (κ3) is 6.69. The number of hydrazone groups is 1. The van der Waals surface area contributed by atoms with Crippen molar-refractivity contribution in [1.29, 1.82) is 0 Å². The highest BCUT2D eigenvalue weighted by Gasteiger charge is 2.15. The molecule has 1 N–H and O–H groups in total. The van der Waals surface area contributed by atoms with Gasteiger partial charge in [0.1, 0.15) is 5.75 Å². The van der Waals surface area contributed by atoms with Gasteiger partial charge in [-0.25, -0.2) is 10.2 Å². The van der Waals surface area contributed by atoms with Crippen molar-refractivity contribution in [1.82, 2.24) is 5.43 Å². The zero-order chi connectivity index (χ0) is 22.9. The van der Waals surface area contributed by atoms with Gasteiger partial charge in [0.05, 0.1) is 18.9 Å². The van der Waals surface area contributed by atoms with E-state index in [0.717, 1.165) is 3.57 Å². The average Bonchev–Trinajstić information content (AvgIpc) is 2.79. The lowest BCUT2D eigenvalue weighted by atomic mass is 10.2. The molecular weight excluding hydrogens is 547 g/mol. The quantitative estimate of drug-likeness (QED) is 0.141. The van der Waals surface area contributed by atoms with Gasteiger partial charge >= 0.3 is 5.97 Å². The minimum Gasteiger partial charge on any atom is -0.493 e. The number of rotatable bonds is 8. The van der Waals surface area contributed by atoms with E-state index in [1.54, 1.807) is 54.6 Å². The highest BCUT2D eigenvalue weighted by molar-refractivity contribution is 14.1.